The smallest absolute Gasteiger partial charge is 0.412 e. The van der Waals surface area contributed by atoms with Crippen molar-refractivity contribution in [3.63, 3.8) is 0 Å². The Labute approximate surface area is 262 Å². The van der Waals surface area contributed by atoms with Gasteiger partial charge in [0, 0.05) is 44.6 Å². The molecule has 1 N–H and O–H groups in total. The van der Waals surface area contributed by atoms with Crippen molar-refractivity contribution in [1.29, 1.82) is 0 Å². The zero-order valence-electron chi connectivity index (χ0n) is 26.3. The summed E-state index contributed by atoms with van der Waals surface area (Å²) in [6.07, 6.45) is 3.64. The van der Waals surface area contributed by atoms with Crippen LogP contribution in [-0.4, -0.2) is 64.8 Å². The molecule has 0 spiro atoms. The average molecular weight is 614 g/mol. The van der Waals surface area contributed by atoms with Gasteiger partial charge in [-0.15, -0.1) is 0 Å². The van der Waals surface area contributed by atoms with Gasteiger partial charge < -0.3 is 23.7 Å². The number of ether oxygens (including phenoxy) is 2. The number of benzene rings is 2. The Morgan fingerprint density at radius 2 is 1.84 bits per heavy atom. The van der Waals surface area contributed by atoms with E-state index in [0.717, 1.165) is 11.1 Å². The fourth-order valence-electron chi connectivity index (χ4n) is 5.34. The molecule has 3 heterocycles. The van der Waals surface area contributed by atoms with Crippen molar-refractivity contribution in [3.8, 4) is 0 Å². The van der Waals surface area contributed by atoms with Crippen molar-refractivity contribution in [2.24, 2.45) is 0 Å². The molecule has 2 aromatic carbocycles. The van der Waals surface area contributed by atoms with E-state index in [1.54, 1.807) is 69.1 Å². The van der Waals surface area contributed by atoms with Crippen LogP contribution in [0.2, 0.25) is 0 Å². The van der Waals surface area contributed by atoms with Crippen LogP contribution >= 0.6 is 0 Å². The zero-order valence-corrected chi connectivity index (χ0v) is 26.3. The Hall–Kier alpha value is -4.77. The van der Waals surface area contributed by atoms with E-state index in [9.17, 15) is 14.4 Å². The average Bonchev–Trinajstić information content (AvgIpc) is 3.44. The maximum atomic E-state index is 13.8. The molecule has 0 radical (unpaired) electrons. The van der Waals surface area contributed by atoms with Gasteiger partial charge >= 0.3 is 17.7 Å². The fraction of sp³-hybridized carbons (Fsp3) is 0.382. The highest BCUT2D eigenvalue weighted by molar-refractivity contribution is 5.93. The largest absolute Gasteiger partial charge is 0.444 e. The summed E-state index contributed by atoms with van der Waals surface area (Å²) in [5, 5.41) is 2.93. The lowest BCUT2D eigenvalue weighted by Gasteiger charge is -2.27. The Bertz CT molecular complexity index is 1700. The molecular weight excluding hydrogens is 574 g/mol. The summed E-state index contributed by atoms with van der Waals surface area (Å²) in [7, 11) is 1.77. The van der Waals surface area contributed by atoms with Gasteiger partial charge in [-0.05, 0) is 69.0 Å². The monoisotopic (exact) mass is 613 g/mol. The lowest BCUT2D eigenvalue weighted by Crippen LogP contribution is -2.45. The Morgan fingerprint density at radius 1 is 1.09 bits per heavy atom. The van der Waals surface area contributed by atoms with E-state index in [0.29, 0.717) is 49.3 Å². The number of carbonyl (C=O) groups excluding carboxylic acids is 2. The number of fused-ring (bicyclic) bond motifs is 1. The molecule has 11 nitrogen and oxygen atoms in total. The van der Waals surface area contributed by atoms with Crippen LogP contribution < -0.4 is 15.8 Å². The number of nitrogens with one attached hydrogen (secondary N) is 1. The van der Waals surface area contributed by atoms with E-state index in [-0.39, 0.29) is 23.4 Å². The van der Waals surface area contributed by atoms with Crippen LogP contribution in [-0.2, 0) is 27.3 Å². The summed E-state index contributed by atoms with van der Waals surface area (Å²) >= 11 is 0. The lowest BCUT2D eigenvalue weighted by atomic mass is 10.1. The molecule has 2 aromatic heterocycles. The first kappa shape index (κ1) is 31.6. The molecule has 0 aliphatic carbocycles. The highest BCUT2D eigenvalue weighted by Crippen LogP contribution is 2.30. The normalized spacial score (nSPS) is 16.5. The fourth-order valence-corrected chi connectivity index (χ4v) is 5.34. The van der Waals surface area contributed by atoms with Crippen LogP contribution in [0.1, 0.15) is 43.9 Å². The van der Waals surface area contributed by atoms with Crippen LogP contribution in [0.5, 0.6) is 0 Å². The summed E-state index contributed by atoms with van der Waals surface area (Å²) < 4.78 is 17.4. The maximum Gasteiger partial charge on any atom is 0.412 e. The lowest BCUT2D eigenvalue weighted by molar-refractivity contribution is -0.131. The second kappa shape index (κ2) is 13.5. The number of rotatable bonds is 9. The molecular formula is C34H39N5O6. The maximum absolute atomic E-state index is 13.8. The first-order valence-corrected chi connectivity index (χ1v) is 15.0. The molecule has 45 heavy (non-hydrogen) atoms. The van der Waals surface area contributed by atoms with Gasteiger partial charge in [0.1, 0.15) is 11.6 Å². The molecule has 2 atom stereocenters. The van der Waals surface area contributed by atoms with Gasteiger partial charge in [-0.2, -0.15) is 4.98 Å². The molecule has 0 unspecified atom stereocenters. The van der Waals surface area contributed by atoms with Gasteiger partial charge in [0.05, 0.1) is 23.6 Å². The highest BCUT2D eigenvalue weighted by Gasteiger charge is 2.41. The van der Waals surface area contributed by atoms with E-state index in [1.165, 1.54) is 0 Å². The predicted octanol–water partition coefficient (Wildman–Crippen LogP) is 5.10. The minimum absolute atomic E-state index is 0.0459. The molecule has 4 aromatic rings. The molecule has 0 saturated carbocycles. The van der Waals surface area contributed by atoms with E-state index in [1.807, 2.05) is 42.5 Å². The molecule has 1 aliphatic heterocycles. The Morgan fingerprint density at radius 3 is 2.56 bits per heavy atom. The summed E-state index contributed by atoms with van der Waals surface area (Å²) in [6.45, 7) is 8.22. The van der Waals surface area contributed by atoms with Gasteiger partial charge in [0.2, 0.25) is 5.91 Å². The third-order valence-electron chi connectivity index (χ3n) is 7.64. The Balaban J connectivity index is 1.40. The van der Waals surface area contributed by atoms with Crippen LogP contribution in [0, 0.1) is 6.92 Å². The quantitative estimate of drug-likeness (QED) is 0.274. The first-order valence-electron chi connectivity index (χ1n) is 15.0. The number of hydrogen-bond acceptors (Lipinski definition) is 9. The number of pyridine rings is 1. The van der Waals surface area contributed by atoms with Crippen LogP contribution in [0.25, 0.3) is 10.9 Å². The molecule has 236 valence electrons. The first-order chi connectivity index (χ1) is 21.5. The third kappa shape index (κ3) is 7.85. The number of anilines is 2. The second-order valence-corrected chi connectivity index (χ2v) is 12.2. The molecule has 11 heteroatoms. The van der Waals surface area contributed by atoms with Crippen molar-refractivity contribution in [1.82, 2.24) is 14.9 Å². The molecule has 1 fully saturated rings. The topological polar surface area (TPSA) is 127 Å². The third-order valence-corrected chi connectivity index (χ3v) is 7.64. The predicted molar refractivity (Wildman–Crippen MR) is 171 cm³/mol. The van der Waals surface area contributed by atoms with Crippen molar-refractivity contribution >= 4 is 34.6 Å². The van der Waals surface area contributed by atoms with Gasteiger partial charge in [-0.3, -0.25) is 15.1 Å². The van der Waals surface area contributed by atoms with E-state index >= 15 is 0 Å². The van der Waals surface area contributed by atoms with Gasteiger partial charge in [-0.1, -0.05) is 36.4 Å². The van der Waals surface area contributed by atoms with Gasteiger partial charge in [0.25, 0.3) is 0 Å². The number of hydrogen-bond donors (Lipinski definition) is 1. The molecule has 2 amide bonds. The van der Waals surface area contributed by atoms with Gasteiger partial charge in [0.15, 0.2) is 0 Å². The second-order valence-electron chi connectivity index (χ2n) is 12.2. The van der Waals surface area contributed by atoms with Crippen LogP contribution in [0.15, 0.2) is 76.2 Å². The van der Waals surface area contributed by atoms with Crippen LogP contribution in [0.3, 0.4) is 0 Å². The summed E-state index contributed by atoms with van der Waals surface area (Å²) in [5.74, 6) is -0.123. The molecule has 1 saturated heterocycles. The summed E-state index contributed by atoms with van der Waals surface area (Å²) in [4.78, 5) is 51.9. The van der Waals surface area contributed by atoms with E-state index in [2.05, 4.69) is 15.3 Å². The van der Waals surface area contributed by atoms with E-state index < -0.39 is 23.4 Å². The number of likely N-dealkylation sites (N-methyl/N-ethyl adjacent to an activating group) is 1. The number of aryl methyl sites for hydroxylation is 1. The standard InChI is InChI=1S/C34H39N5O6/c1-22-26(37-33(42)45-34(2,3)4)13-14-27-29(22)31(41)44-32(36-27)39-20-25(43-21-24-10-7-6-8-11-24)18-28(39)30(40)38(5)17-15-23-12-9-16-35-19-23/h6-14,16,19,25,28H,15,17-18,20-21H2,1-5H3,(H,37,42)/t25-,28+/m1/s1. The minimum atomic E-state index is -0.677. The summed E-state index contributed by atoms with van der Waals surface area (Å²) in [6, 6.07) is 16.4. The van der Waals surface area contributed by atoms with Crippen molar-refractivity contribution in [3.05, 3.63) is 94.1 Å². The SMILES string of the molecule is Cc1c(NC(=O)OC(C)(C)C)ccc2nc(N3C[C@H](OCc4ccccc4)C[C@H]3C(=O)N(C)CCc3cccnc3)oc(=O)c12. The van der Waals surface area contributed by atoms with Crippen molar-refractivity contribution in [2.75, 3.05) is 30.4 Å². The number of nitrogens with zero attached hydrogens (tertiary/aromatic N) is 4. The highest BCUT2D eigenvalue weighted by atomic mass is 16.6. The molecule has 1 aliphatic rings. The zero-order chi connectivity index (χ0) is 32.1. The van der Waals surface area contributed by atoms with Crippen LogP contribution in [0.4, 0.5) is 16.5 Å². The van der Waals surface area contributed by atoms with Crippen molar-refractivity contribution < 1.29 is 23.5 Å². The Kier molecular flexibility index (Phi) is 9.48. The van der Waals surface area contributed by atoms with Gasteiger partial charge in [-0.25, -0.2) is 9.59 Å². The summed E-state index contributed by atoms with van der Waals surface area (Å²) in [5.41, 5.74) is 2.06. The van der Waals surface area contributed by atoms with E-state index in [4.69, 9.17) is 13.9 Å². The van der Waals surface area contributed by atoms with Crippen molar-refractivity contribution in [2.45, 2.75) is 64.9 Å². The number of aromatic nitrogens is 2. The molecule has 0 bridgehead atoms. The molecule has 5 rings (SSSR count). The minimum Gasteiger partial charge on any atom is -0.444 e. The number of amides is 2. The number of carbonyl (C=O) groups is 2.